The lowest BCUT2D eigenvalue weighted by Gasteiger charge is -2.00. The Bertz CT molecular complexity index is 520. The number of rotatable bonds is 5. The molecule has 94 valence electrons. The van der Waals surface area contributed by atoms with Crippen molar-refractivity contribution in [1.82, 2.24) is 15.1 Å². The number of hydrogen-bond acceptors (Lipinski definition) is 5. The Hall–Kier alpha value is -2.04. The van der Waals surface area contributed by atoms with E-state index >= 15 is 0 Å². The van der Waals surface area contributed by atoms with Gasteiger partial charge in [0.2, 0.25) is 11.7 Å². The molecule has 18 heavy (non-hydrogen) atoms. The van der Waals surface area contributed by atoms with Crippen LogP contribution in [0.5, 0.6) is 0 Å². The number of pyridine rings is 1. The molecule has 0 N–H and O–H groups in total. The zero-order valence-electron chi connectivity index (χ0n) is 10.5. The summed E-state index contributed by atoms with van der Waals surface area (Å²) in [6, 6.07) is 3.59. The van der Waals surface area contributed by atoms with Crippen LogP contribution < -0.4 is 0 Å². The van der Waals surface area contributed by atoms with Crippen molar-refractivity contribution in [2.24, 2.45) is 5.92 Å². The second-order valence-corrected chi connectivity index (χ2v) is 4.56. The van der Waals surface area contributed by atoms with Crippen LogP contribution in [-0.4, -0.2) is 20.9 Å². The van der Waals surface area contributed by atoms with Gasteiger partial charge in [-0.15, -0.1) is 0 Å². The van der Waals surface area contributed by atoms with Crippen LogP contribution in [0, 0.1) is 5.92 Å². The Labute approximate surface area is 105 Å². The van der Waals surface area contributed by atoms with E-state index in [4.69, 9.17) is 4.52 Å². The Morgan fingerprint density at radius 3 is 2.72 bits per heavy atom. The van der Waals surface area contributed by atoms with E-state index in [-0.39, 0.29) is 12.2 Å². The van der Waals surface area contributed by atoms with Gasteiger partial charge in [0.1, 0.15) is 5.78 Å². The normalized spacial score (nSPS) is 10.8. The zero-order chi connectivity index (χ0) is 13.0. The smallest absolute Gasteiger partial charge is 0.234 e. The van der Waals surface area contributed by atoms with E-state index in [1.54, 1.807) is 24.5 Å². The molecule has 0 bridgehead atoms. The van der Waals surface area contributed by atoms with Crippen molar-refractivity contribution >= 4 is 5.78 Å². The van der Waals surface area contributed by atoms with Gasteiger partial charge < -0.3 is 4.52 Å². The van der Waals surface area contributed by atoms with Crippen LogP contribution in [0.15, 0.2) is 29.0 Å². The summed E-state index contributed by atoms with van der Waals surface area (Å²) < 4.78 is 5.07. The third-order valence-corrected chi connectivity index (χ3v) is 2.39. The van der Waals surface area contributed by atoms with Crippen molar-refractivity contribution < 1.29 is 9.32 Å². The largest absolute Gasteiger partial charge is 0.339 e. The first-order valence-electron chi connectivity index (χ1n) is 5.90. The van der Waals surface area contributed by atoms with Gasteiger partial charge in [0.05, 0.1) is 6.42 Å². The highest BCUT2D eigenvalue weighted by molar-refractivity contribution is 5.80. The molecule has 0 saturated heterocycles. The Balaban J connectivity index is 2.05. The van der Waals surface area contributed by atoms with Gasteiger partial charge in [-0.2, -0.15) is 4.98 Å². The fourth-order valence-electron chi connectivity index (χ4n) is 1.64. The maximum atomic E-state index is 11.6. The summed E-state index contributed by atoms with van der Waals surface area (Å²) in [6.07, 6.45) is 4.06. The average Bonchev–Trinajstić information content (AvgIpc) is 2.77. The van der Waals surface area contributed by atoms with E-state index in [9.17, 15) is 4.79 Å². The molecule has 0 fully saturated rings. The summed E-state index contributed by atoms with van der Waals surface area (Å²) in [5, 5.41) is 3.85. The third-order valence-electron chi connectivity index (χ3n) is 2.39. The maximum absolute atomic E-state index is 11.6. The number of ketones is 1. The average molecular weight is 245 g/mol. The van der Waals surface area contributed by atoms with Crippen LogP contribution in [0.1, 0.15) is 26.2 Å². The van der Waals surface area contributed by atoms with Crippen LogP contribution in [0.3, 0.4) is 0 Å². The van der Waals surface area contributed by atoms with Crippen molar-refractivity contribution in [2.75, 3.05) is 0 Å². The molecule has 0 aliphatic carbocycles. The van der Waals surface area contributed by atoms with Gasteiger partial charge in [-0.25, -0.2) is 0 Å². The molecule has 0 aromatic carbocycles. The molecule has 0 radical (unpaired) electrons. The van der Waals surface area contributed by atoms with Crippen molar-refractivity contribution in [1.29, 1.82) is 0 Å². The highest BCUT2D eigenvalue weighted by Crippen LogP contribution is 2.14. The summed E-state index contributed by atoms with van der Waals surface area (Å²) in [4.78, 5) is 19.8. The molecule has 0 saturated carbocycles. The molecule has 2 rings (SSSR count). The fraction of sp³-hybridized carbons (Fsp3) is 0.385. The molecule has 0 atom stereocenters. The number of nitrogens with zero attached hydrogens (tertiary/aromatic N) is 3. The van der Waals surface area contributed by atoms with E-state index < -0.39 is 0 Å². The van der Waals surface area contributed by atoms with Crippen LogP contribution in [0.2, 0.25) is 0 Å². The molecular formula is C13H15N3O2. The van der Waals surface area contributed by atoms with Crippen molar-refractivity contribution in [3.05, 3.63) is 30.4 Å². The zero-order valence-corrected chi connectivity index (χ0v) is 10.5. The summed E-state index contributed by atoms with van der Waals surface area (Å²) in [7, 11) is 0. The molecular weight excluding hydrogens is 230 g/mol. The number of aromatic nitrogens is 3. The maximum Gasteiger partial charge on any atom is 0.234 e. The van der Waals surface area contributed by atoms with Gasteiger partial charge in [0, 0.05) is 24.4 Å². The summed E-state index contributed by atoms with van der Waals surface area (Å²) >= 11 is 0. The van der Waals surface area contributed by atoms with E-state index in [1.807, 2.05) is 13.8 Å². The van der Waals surface area contributed by atoms with Crippen LogP contribution in [-0.2, 0) is 11.2 Å². The van der Waals surface area contributed by atoms with E-state index in [2.05, 4.69) is 15.1 Å². The van der Waals surface area contributed by atoms with Crippen molar-refractivity contribution in [3.8, 4) is 11.4 Å². The van der Waals surface area contributed by atoms with E-state index in [0.717, 1.165) is 5.56 Å². The number of carbonyl (C=O) groups excluding carboxylic acids is 1. The van der Waals surface area contributed by atoms with Gasteiger partial charge >= 0.3 is 0 Å². The summed E-state index contributed by atoms with van der Waals surface area (Å²) in [5.41, 5.74) is 0.830. The lowest BCUT2D eigenvalue weighted by molar-refractivity contribution is -0.119. The summed E-state index contributed by atoms with van der Waals surface area (Å²) in [5.74, 6) is 1.33. The van der Waals surface area contributed by atoms with E-state index in [1.165, 1.54) is 0 Å². The molecule has 2 aromatic rings. The Morgan fingerprint density at radius 1 is 1.33 bits per heavy atom. The molecule has 2 heterocycles. The number of Topliss-reactive ketones (excluding diaryl/α,β-unsaturated/α-hetero) is 1. The van der Waals surface area contributed by atoms with Crippen LogP contribution >= 0.6 is 0 Å². The second-order valence-electron chi connectivity index (χ2n) is 4.56. The molecule has 2 aromatic heterocycles. The summed E-state index contributed by atoms with van der Waals surface area (Å²) in [6.45, 7) is 4.02. The Morgan fingerprint density at radius 2 is 2.06 bits per heavy atom. The lowest BCUT2D eigenvalue weighted by Crippen LogP contribution is -2.06. The molecule has 5 heteroatoms. The first-order chi connectivity index (χ1) is 8.65. The van der Waals surface area contributed by atoms with Gasteiger partial charge in [0.25, 0.3) is 0 Å². The highest BCUT2D eigenvalue weighted by Gasteiger charge is 2.13. The fourth-order valence-corrected chi connectivity index (χ4v) is 1.64. The highest BCUT2D eigenvalue weighted by atomic mass is 16.5. The van der Waals surface area contributed by atoms with Gasteiger partial charge in [-0.3, -0.25) is 9.78 Å². The minimum atomic E-state index is 0.120. The second kappa shape index (κ2) is 5.53. The molecule has 5 nitrogen and oxygen atoms in total. The SMILES string of the molecule is CC(C)CC(=O)Cc1nc(-c2ccncc2)no1. The van der Waals surface area contributed by atoms with Gasteiger partial charge in [0.15, 0.2) is 0 Å². The predicted molar refractivity (Wildman–Crippen MR) is 65.7 cm³/mol. The molecule has 0 unspecified atom stereocenters. The van der Waals surface area contributed by atoms with Crippen LogP contribution in [0.4, 0.5) is 0 Å². The first kappa shape index (κ1) is 12.4. The molecule has 0 aliphatic heterocycles. The third kappa shape index (κ3) is 3.23. The number of hydrogen-bond donors (Lipinski definition) is 0. The topological polar surface area (TPSA) is 68.9 Å². The quantitative estimate of drug-likeness (QED) is 0.808. The van der Waals surface area contributed by atoms with Crippen molar-refractivity contribution in [3.63, 3.8) is 0 Å². The molecule has 0 amide bonds. The monoisotopic (exact) mass is 245 g/mol. The standard InChI is InChI=1S/C13H15N3O2/c1-9(2)7-11(17)8-12-15-13(16-18-12)10-3-5-14-6-4-10/h3-6,9H,7-8H2,1-2H3. The lowest BCUT2D eigenvalue weighted by atomic mass is 10.1. The van der Waals surface area contributed by atoms with E-state index in [0.29, 0.717) is 24.1 Å². The first-order valence-corrected chi connectivity index (χ1v) is 5.90. The Kier molecular flexibility index (Phi) is 3.82. The minimum Gasteiger partial charge on any atom is -0.339 e. The molecule has 0 spiro atoms. The predicted octanol–water partition coefficient (Wildman–Crippen LogP) is 2.29. The van der Waals surface area contributed by atoms with Gasteiger partial charge in [-0.1, -0.05) is 19.0 Å². The van der Waals surface area contributed by atoms with Crippen LogP contribution in [0.25, 0.3) is 11.4 Å². The van der Waals surface area contributed by atoms with Gasteiger partial charge in [-0.05, 0) is 18.1 Å². The molecule has 0 aliphatic rings. The van der Waals surface area contributed by atoms with Crippen molar-refractivity contribution in [2.45, 2.75) is 26.7 Å². The number of carbonyl (C=O) groups is 1. The minimum absolute atomic E-state index is 0.120.